The number of hydrogen-bond donors (Lipinski definition) is 1. The van der Waals surface area contributed by atoms with Crippen LogP contribution in [0, 0.1) is 6.92 Å². The maximum Gasteiger partial charge on any atom is 0.0682 e. The third-order valence-corrected chi connectivity index (χ3v) is 4.21. The molecule has 22 heavy (non-hydrogen) atoms. The van der Waals surface area contributed by atoms with Gasteiger partial charge in [-0.15, -0.1) is 12.4 Å². The fourth-order valence-corrected chi connectivity index (χ4v) is 3.10. The summed E-state index contributed by atoms with van der Waals surface area (Å²) in [6.45, 7) is 8.71. The van der Waals surface area contributed by atoms with Crippen molar-refractivity contribution in [2.24, 2.45) is 7.05 Å². The molecule has 3 rings (SSSR count). The van der Waals surface area contributed by atoms with E-state index in [1.807, 2.05) is 17.9 Å². The first kappa shape index (κ1) is 17.0. The Morgan fingerprint density at radius 1 is 1.32 bits per heavy atom. The van der Waals surface area contributed by atoms with Gasteiger partial charge in [0.05, 0.1) is 5.69 Å². The highest BCUT2D eigenvalue weighted by molar-refractivity contribution is 5.85. The van der Waals surface area contributed by atoms with Crippen molar-refractivity contribution in [3.63, 3.8) is 0 Å². The van der Waals surface area contributed by atoms with Gasteiger partial charge in [0.2, 0.25) is 0 Å². The van der Waals surface area contributed by atoms with Crippen LogP contribution in [0.3, 0.4) is 0 Å². The van der Waals surface area contributed by atoms with Gasteiger partial charge in [0.25, 0.3) is 0 Å². The van der Waals surface area contributed by atoms with Crippen LogP contribution in [0.5, 0.6) is 0 Å². The molecular formula is C17H25ClN4. The maximum atomic E-state index is 4.32. The molecule has 120 valence electrons. The van der Waals surface area contributed by atoms with Crippen LogP contribution in [-0.2, 0) is 13.6 Å². The van der Waals surface area contributed by atoms with Gasteiger partial charge >= 0.3 is 0 Å². The molecule has 2 aromatic rings. The number of rotatable bonds is 3. The fourth-order valence-electron chi connectivity index (χ4n) is 3.10. The van der Waals surface area contributed by atoms with Crippen LogP contribution in [0.4, 0.5) is 0 Å². The Morgan fingerprint density at radius 2 is 2.14 bits per heavy atom. The SMILES string of the molecule is Cc1ccc(CN2CCN[C@H](C)C2)c(-c2ccnn2C)c1.Cl. The van der Waals surface area contributed by atoms with Crippen LogP contribution in [0.2, 0.25) is 0 Å². The van der Waals surface area contributed by atoms with Crippen molar-refractivity contribution in [1.82, 2.24) is 20.0 Å². The average Bonchev–Trinajstić information content (AvgIpc) is 2.87. The lowest BCUT2D eigenvalue weighted by molar-refractivity contribution is 0.200. The van der Waals surface area contributed by atoms with Gasteiger partial charge in [-0.2, -0.15) is 5.10 Å². The molecule has 1 N–H and O–H groups in total. The molecule has 2 heterocycles. The molecule has 5 heteroatoms. The number of piperazine rings is 1. The summed E-state index contributed by atoms with van der Waals surface area (Å²) in [5, 5.41) is 7.82. The monoisotopic (exact) mass is 320 g/mol. The number of aromatic nitrogens is 2. The molecule has 1 fully saturated rings. The van der Waals surface area contributed by atoms with E-state index in [0.717, 1.165) is 26.2 Å². The Balaban J connectivity index is 0.00000176. The Hall–Kier alpha value is -1.36. The summed E-state index contributed by atoms with van der Waals surface area (Å²) in [4.78, 5) is 2.53. The first-order chi connectivity index (χ1) is 10.1. The molecule has 1 aromatic carbocycles. The van der Waals surface area contributed by atoms with E-state index >= 15 is 0 Å². The molecule has 1 aliphatic heterocycles. The number of nitrogens with one attached hydrogen (secondary N) is 1. The lowest BCUT2D eigenvalue weighted by atomic mass is 10.0. The van der Waals surface area contributed by atoms with E-state index < -0.39 is 0 Å². The number of hydrogen-bond acceptors (Lipinski definition) is 3. The van der Waals surface area contributed by atoms with E-state index in [1.54, 1.807) is 0 Å². The third-order valence-electron chi connectivity index (χ3n) is 4.21. The van der Waals surface area contributed by atoms with Crippen molar-refractivity contribution < 1.29 is 0 Å². The molecule has 1 aromatic heterocycles. The average molecular weight is 321 g/mol. The molecule has 1 saturated heterocycles. The topological polar surface area (TPSA) is 33.1 Å². The van der Waals surface area contributed by atoms with Crippen LogP contribution < -0.4 is 5.32 Å². The Morgan fingerprint density at radius 3 is 2.82 bits per heavy atom. The standard InChI is InChI=1S/C17H24N4.ClH/c1-13-4-5-15(12-21-9-8-18-14(2)11-21)16(10-13)17-6-7-19-20(17)3;/h4-7,10,14,18H,8-9,11-12H2,1-3H3;1H/t14-;/m1./s1. The van der Waals surface area contributed by atoms with E-state index in [4.69, 9.17) is 0 Å². The third kappa shape index (κ3) is 3.69. The Labute approximate surface area is 138 Å². The molecule has 1 aliphatic rings. The molecule has 0 spiro atoms. The lowest BCUT2D eigenvalue weighted by Gasteiger charge is -2.32. The first-order valence-corrected chi connectivity index (χ1v) is 7.67. The molecule has 0 amide bonds. The summed E-state index contributed by atoms with van der Waals surface area (Å²) in [5.41, 5.74) is 5.18. The fraction of sp³-hybridized carbons (Fsp3) is 0.471. The Bertz CT molecular complexity index is 623. The van der Waals surface area contributed by atoms with Gasteiger partial charge in [-0.25, -0.2) is 0 Å². The minimum absolute atomic E-state index is 0. The predicted molar refractivity (Wildman–Crippen MR) is 93.4 cm³/mol. The highest BCUT2D eigenvalue weighted by atomic mass is 35.5. The van der Waals surface area contributed by atoms with Crippen LogP contribution in [0.25, 0.3) is 11.3 Å². The summed E-state index contributed by atoms with van der Waals surface area (Å²) >= 11 is 0. The van der Waals surface area contributed by atoms with Crippen molar-refractivity contribution in [1.29, 1.82) is 0 Å². The molecule has 0 saturated carbocycles. The van der Waals surface area contributed by atoms with E-state index in [0.29, 0.717) is 6.04 Å². The van der Waals surface area contributed by atoms with Gasteiger partial charge in [-0.1, -0.05) is 17.7 Å². The number of aryl methyl sites for hydroxylation is 2. The second kappa shape index (κ2) is 7.27. The van der Waals surface area contributed by atoms with Gasteiger partial charge in [0.1, 0.15) is 0 Å². The smallest absolute Gasteiger partial charge is 0.0682 e. The number of nitrogens with zero attached hydrogens (tertiary/aromatic N) is 3. The predicted octanol–water partition coefficient (Wildman–Crippen LogP) is 2.61. The second-order valence-electron chi connectivity index (χ2n) is 6.09. The summed E-state index contributed by atoms with van der Waals surface area (Å²) < 4.78 is 1.96. The minimum atomic E-state index is 0. The van der Waals surface area contributed by atoms with Crippen LogP contribution in [-0.4, -0.2) is 40.4 Å². The van der Waals surface area contributed by atoms with E-state index in [-0.39, 0.29) is 12.4 Å². The molecule has 1 atom stereocenters. The Kier molecular flexibility index (Phi) is 5.62. The zero-order valence-electron chi connectivity index (χ0n) is 13.5. The van der Waals surface area contributed by atoms with Crippen molar-refractivity contribution in [2.45, 2.75) is 26.4 Å². The van der Waals surface area contributed by atoms with Gasteiger partial charge < -0.3 is 5.32 Å². The highest BCUT2D eigenvalue weighted by Gasteiger charge is 2.17. The van der Waals surface area contributed by atoms with Crippen LogP contribution >= 0.6 is 12.4 Å². The maximum absolute atomic E-state index is 4.32. The van der Waals surface area contributed by atoms with Crippen molar-refractivity contribution in [3.8, 4) is 11.3 Å². The van der Waals surface area contributed by atoms with Crippen molar-refractivity contribution in [3.05, 3.63) is 41.6 Å². The summed E-state index contributed by atoms with van der Waals surface area (Å²) in [6, 6.07) is 9.42. The molecule has 4 nitrogen and oxygen atoms in total. The van der Waals surface area contributed by atoms with Crippen LogP contribution in [0.15, 0.2) is 30.5 Å². The van der Waals surface area contributed by atoms with Crippen molar-refractivity contribution >= 4 is 12.4 Å². The largest absolute Gasteiger partial charge is 0.312 e. The molecular weight excluding hydrogens is 296 g/mol. The lowest BCUT2D eigenvalue weighted by Crippen LogP contribution is -2.48. The van der Waals surface area contributed by atoms with Gasteiger partial charge in [0.15, 0.2) is 0 Å². The summed E-state index contributed by atoms with van der Waals surface area (Å²) in [6.07, 6.45) is 1.87. The normalized spacial score (nSPS) is 19.0. The van der Waals surface area contributed by atoms with Gasteiger partial charge in [-0.3, -0.25) is 9.58 Å². The molecule has 0 unspecified atom stereocenters. The number of halogens is 1. The summed E-state index contributed by atoms with van der Waals surface area (Å²) in [5.74, 6) is 0. The van der Waals surface area contributed by atoms with Crippen LogP contribution in [0.1, 0.15) is 18.1 Å². The van der Waals surface area contributed by atoms with Gasteiger partial charge in [-0.05, 0) is 31.5 Å². The quantitative estimate of drug-likeness (QED) is 0.943. The first-order valence-electron chi connectivity index (χ1n) is 7.67. The zero-order chi connectivity index (χ0) is 14.8. The van der Waals surface area contributed by atoms with Gasteiger partial charge in [0, 0.05) is 51.0 Å². The molecule has 0 radical (unpaired) electrons. The number of benzene rings is 1. The van der Waals surface area contributed by atoms with E-state index in [2.05, 4.69) is 53.4 Å². The molecule has 0 aliphatic carbocycles. The second-order valence-corrected chi connectivity index (χ2v) is 6.09. The minimum Gasteiger partial charge on any atom is -0.312 e. The highest BCUT2D eigenvalue weighted by Crippen LogP contribution is 2.26. The van der Waals surface area contributed by atoms with E-state index in [9.17, 15) is 0 Å². The summed E-state index contributed by atoms with van der Waals surface area (Å²) in [7, 11) is 2.01. The zero-order valence-corrected chi connectivity index (χ0v) is 14.4. The van der Waals surface area contributed by atoms with E-state index in [1.165, 1.54) is 22.4 Å². The van der Waals surface area contributed by atoms with Crippen molar-refractivity contribution in [2.75, 3.05) is 19.6 Å². The molecule has 0 bridgehead atoms.